The number of hydrogen-bond donors (Lipinski definition) is 1. The number of Topliss-reactive ketones (excluding diaryl/α,β-unsaturated/α-hetero) is 1. The van der Waals surface area contributed by atoms with Gasteiger partial charge in [-0.2, -0.15) is 0 Å². The zero-order valence-corrected chi connectivity index (χ0v) is 22.8. The summed E-state index contributed by atoms with van der Waals surface area (Å²) in [5.41, 5.74) is 6.37. The number of thiophene rings is 1. The number of rotatable bonds is 11. The van der Waals surface area contributed by atoms with E-state index in [9.17, 15) is 13.2 Å². The maximum Gasteiger partial charge on any atom is 0.211 e. The van der Waals surface area contributed by atoms with Gasteiger partial charge in [-0.15, -0.1) is 11.3 Å². The Hall–Kier alpha value is -1.70. The second kappa shape index (κ2) is 9.40. The number of carbonyl (C=O) groups is 1. The Bertz CT molecular complexity index is 1190. The minimum atomic E-state index is -3.22. The highest BCUT2D eigenvalue weighted by molar-refractivity contribution is 7.89. The lowest BCUT2D eigenvalue weighted by Gasteiger charge is -2.15. The van der Waals surface area contributed by atoms with Gasteiger partial charge in [-0.3, -0.25) is 4.79 Å². The Morgan fingerprint density at radius 3 is 2.53 bits per heavy atom. The molecular weight excluding hydrogens is 466 g/mol. The van der Waals surface area contributed by atoms with E-state index in [-0.39, 0.29) is 24.7 Å². The van der Waals surface area contributed by atoms with Crippen LogP contribution in [0.5, 0.6) is 5.75 Å². The molecule has 5 nitrogen and oxygen atoms in total. The molecular formula is C27H37NO4S2. The molecule has 2 aliphatic carbocycles. The van der Waals surface area contributed by atoms with Gasteiger partial charge < -0.3 is 4.74 Å². The summed E-state index contributed by atoms with van der Waals surface area (Å²) in [6, 6.07) is 4.16. The summed E-state index contributed by atoms with van der Waals surface area (Å²) in [6.45, 7) is 13.3. The third-order valence-electron chi connectivity index (χ3n) is 7.58. The first kappa shape index (κ1) is 25.4. The molecule has 0 amide bonds. The van der Waals surface area contributed by atoms with Crippen LogP contribution in [0.25, 0.3) is 0 Å². The second-order valence-corrected chi connectivity index (χ2v) is 13.7. The first-order valence-corrected chi connectivity index (χ1v) is 14.8. The molecule has 0 unspecified atom stereocenters. The number of hydrogen-bond acceptors (Lipinski definition) is 5. The number of aryl methyl sites for hydroxylation is 4. The molecule has 0 bridgehead atoms. The fraction of sp³-hybridized carbons (Fsp3) is 0.593. The van der Waals surface area contributed by atoms with E-state index < -0.39 is 10.0 Å². The lowest BCUT2D eigenvalue weighted by Crippen LogP contribution is -2.30. The van der Waals surface area contributed by atoms with Gasteiger partial charge in [0.25, 0.3) is 0 Å². The Morgan fingerprint density at radius 1 is 1.21 bits per heavy atom. The van der Waals surface area contributed by atoms with Crippen molar-refractivity contribution in [3.05, 3.63) is 49.7 Å². The molecule has 2 aromatic rings. The van der Waals surface area contributed by atoms with Crippen molar-refractivity contribution in [2.24, 2.45) is 11.3 Å². The van der Waals surface area contributed by atoms with E-state index in [2.05, 4.69) is 37.6 Å². The summed E-state index contributed by atoms with van der Waals surface area (Å²) in [6.07, 6.45) is 2.88. The normalized spacial score (nSPS) is 20.2. The number of benzene rings is 1. The van der Waals surface area contributed by atoms with Crippen LogP contribution in [0, 0.1) is 32.1 Å². The molecule has 1 saturated carbocycles. The van der Waals surface area contributed by atoms with Crippen molar-refractivity contribution >= 4 is 27.1 Å². The van der Waals surface area contributed by atoms with Crippen LogP contribution in [-0.4, -0.2) is 33.1 Å². The second-order valence-electron chi connectivity index (χ2n) is 10.5. The first-order chi connectivity index (χ1) is 16.0. The van der Waals surface area contributed by atoms with E-state index in [4.69, 9.17) is 4.74 Å². The zero-order chi connectivity index (χ0) is 24.8. The lowest BCUT2D eigenvalue weighted by molar-refractivity contribution is 0.0985. The molecule has 186 valence electrons. The van der Waals surface area contributed by atoms with Crippen LogP contribution in [0.2, 0.25) is 0 Å². The van der Waals surface area contributed by atoms with Gasteiger partial charge in [0.2, 0.25) is 10.0 Å². The molecule has 0 saturated heterocycles. The average molecular weight is 504 g/mol. The smallest absolute Gasteiger partial charge is 0.211 e. The van der Waals surface area contributed by atoms with E-state index >= 15 is 0 Å². The van der Waals surface area contributed by atoms with Gasteiger partial charge in [0, 0.05) is 17.8 Å². The number of sulfonamides is 1. The highest BCUT2D eigenvalue weighted by Crippen LogP contribution is 2.71. The van der Waals surface area contributed by atoms with Crippen molar-refractivity contribution in [1.29, 1.82) is 0 Å². The molecule has 34 heavy (non-hydrogen) atoms. The van der Waals surface area contributed by atoms with Crippen LogP contribution < -0.4 is 9.46 Å². The summed E-state index contributed by atoms with van der Waals surface area (Å²) < 4.78 is 32.0. The number of ketones is 1. The average Bonchev–Trinajstić information content (AvgIpc) is 3.07. The fourth-order valence-electron chi connectivity index (χ4n) is 5.83. The van der Waals surface area contributed by atoms with Crippen LogP contribution in [0.15, 0.2) is 12.1 Å². The van der Waals surface area contributed by atoms with Crippen molar-refractivity contribution in [3.8, 4) is 5.75 Å². The molecule has 0 radical (unpaired) electrons. The molecule has 2 aliphatic rings. The summed E-state index contributed by atoms with van der Waals surface area (Å²) in [4.78, 5) is 15.5. The predicted octanol–water partition coefficient (Wildman–Crippen LogP) is 5.49. The first-order valence-electron chi connectivity index (χ1n) is 12.3. The van der Waals surface area contributed by atoms with E-state index in [1.54, 1.807) is 11.3 Å². The molecule has 2 atom stereocenters. The van der Waals surface area contributed by atoms with Gasteiger partial charge >= 0.3 is 0 Å². The highest BCUT2D eigenvalue weighted by atomic mass is 32.2. The Labute approximate surface area is 208 Å². The summed E-state index contributed by atoms with van der Waals surface area (Å²) in [5, 5.41) is 0. The monoisotopic (exact) mass is 503 g/mol. The SMILES string of the molecule is CCCS(=O)(=O)NCCOc1c(C)cc(CCC(=O)c2sc(C)c3c2C[C@@H]2[C@H]3C2(C)C)cc1C. The minimum Gasteiger partial charge on any atom is -0.492 e. The van der Waals surface area contributed by atoms with Crippen molar-refractivity contribution in [2.75, 3.05) is 18.9 Å². The quantitative estimate of drug-likeness (QED) is 0.325. The van der Waals surface area contributed by atoms with E-state index in [0.717, 1.165) is 39.7 Å². The summed E-state index contributed by atoms with van der Waals surface area (Å²) in [5.74, 6) is 2.56. The Morgan fingerprint density at radius 2 is 1.88 bits per heavy atom. The van der Waals surface area contributed by atoms with Gasteiger partial charge in [0.1, 0.15) is 12.4 Å². The lowest BCUT2D eigenvalue weighted by atomic mass is 9.93. The molecule has 1 fully saturated rings. The molecule has 1 heterocycles. The Balaban J connectivity index is 1.34. The standard InChI is InChI=1S/C27H37NO4S2/c1-7-12-34(30,31)28-10-11-32-25-16(2)13-19(14-17(25)3)8-9-22(29)26-20-15-21-24(27(21,5)6)23(20)18(4)33-26/h13-14,21,24,28H,7-12,15H2,1-6H3/t21-,24-/m1/s1. The van der Waals surface area contributed by atoms with Crippen LogP contribution in [-0.2, 0) is 22.9 Å². The topological polar surface area (TPSA) is 72.5 Å². The fourth-order valence-corrected chi connectivity index (χ4v) is 8.11. The Kier molecular flexibility index (Phi) is 7.02. The van der Waals surface area contributed by atoms with Gasteiger partial charge in [0.05, 0.1) is 10.6 Å². The molecule has 4 rings (SSSR count). The van der Waals surface area contributed by atoms with Crippen LogP contribution in [0.4, 0.5) is 0 Å². The van der Waals surface area contributed by atoms with Gasteiger partial charge in [-0.1, -0.05) is 32.9 Å². The van der Waals surface area contributed by atoms with Crippen molar-refractivity contribution < 1.29 is 17.9 Å². The summed E-state index contributed by atoms with van der Waals surface area (Å²) in [7, 11) is -3.22. The van der Waals surface area contributed by atoms with Gasteiger partial charge in [-0.05, 0) is 85.1 Å². The van der Waals surface area contributed by atoms with Crippen molar-refractivity contribution in [1.82, 2.24) is 4.72 Å². The number of fused-ring (bicyclic) bond motifs is 3. The van der Waals surface area contributed by atoms with Crippen molar-refractivity contribution in [2.45, 2.75) is 73.1 Å². The number of carbonyl (C=O) groups excluding carboxylic acids is 1. The zero-order valence-electron chi connectivity index (χ0n) is 21.2. The van der Waals surface area contributed by atoms with Crippen LogP contribution in [0.3, 0.4) is 0 Å². The third kappa shape index (κ3) is 4.84. The van der Waals surface area contributed by atoms with Crippen LogP contribution >= 0.6 is 11.3 Å². The van der Waals surface area contributed by atoms with Gasteiger partial charge in [0.15, 0.2) is 5.78 Å². The molecule has 7 heteroatoms. The molecule has 0 aliphatic heterocycles. The molecule has 1 aromatic carbocycles. The predicted molar refractivity (Wildman–Crippen MR) is 139 cm³/mol. The molecule has 1 N–H and O–H groups in total. The number of ether oxygens (including phenoxy) is 1. The van der Waals surface area contributed by atoms with Gasteiger partial charge in [-0.25, -0.2) is 13.1 Å². The van der Waals surface area contributed by atoms with Crippen LogP contribution in [0.1, 0.15) is 81.9 Å². The van der Waals surface area contributed by atoms with Crippen molar-refractivity contribution in [3.63, 3.8) is 0 Å². The molecule has 0 spiro atoms. The number of nitrogens with one attached hydrogen (secondary N) is 1. The summed E-state index contributed by atoms with van der Waals surface area (Å²) >= 11 is 1.70. The highest BCUT2D eigenvalue weighted by Gasteiger charge is 2.63. The largest absolute Gasteiger partial charge is 0.492 e. The van der Waals surface area contributed by atoms with E-state index in [1.165, 1.54) is 16.0 Å². The third-order valence-corrected chi connectivity index (χ3v) is 10.4. The van der Waals surface area contributed by atoms with E-state index in [0.29, 0.717) is 30.6 Å². The minimum absolute atomic E-state index is 0.130. The maximum absolute atomic E-state index is 13.1. The maximum atomic E-state index is 13.1. The van der Waals surface area contributed by atoms with E-state index in [1.807, 2.05) is 20.8 Å². The molecule has 1 aromatic heterocycles.